The molecule has 2 aromatic heterocycles. The van der Waals surface area contributed by atoms with Gasteiger partial charge in [0.05, 0.1) is 19.8 Å². The van der Waals surface area contributed by atoms with Gasteiger partial charge >= 0.3 is 0 Å². The van der Waals surface area contributed by atoms with Crippen molar-refractivity contribution in [3.05, 3.63) is 24.2 Å². The van der Waals surface area contributed by atoms with Gasteiger partial charge in [0.15, 0.2) is 0 Å². The molecule has 0 N–H and O–H groups in total. The monoisotopic (exact) mass is 343 g/mol. The van der Waals surface area contributed by atoms with Crippen LogP contribution in [0.5, 0.6) is 0 Å². The van der Waals surface area contributed by atoms with Crippen molar-refractivity contribution < 1.29 is 9.26 Å². The summed E-state index contributed by atoms with van der Waals surface area (Å²) in [6.45, 7) is 6.26. The zero-order valence-corrected chi connectivity index (χ0v) is 14.6. The Kier molecular flexibility index (Phi) is 5.22. The molecule has 7 heteroatoms. The van der Waals surface area contributed by atoms with Gasteiger partial charge in [-0.25, -0.2) is 4.98 Å². The highest BCUT2D eigenvalue weighted by molar-refractivity contribution is 5.55. The van der Waals surface area contributed by atoms with Crippen LogP contribution in [0.1, 0.15) is 31.6 Å². The van der Waals surface area contributed by atoms with E-state index in [4.69, 9.17) is 9.26 Å². The number of nitrogens with zero attached hydrogens (tertiary/aromatic N) is 5. The van der Waals surface area contributed by atoms with Gasteiger partial charge in [-0.15, -0.1) is 0 Å². The largest absolute Gasteiger partial charge is 0.378 e. The molecule has 0 spiro atoms. The van der Waals surface area contributed by atoms with E-state index in [1.165, 1.54) is 25.7 Å². The summed E-state index contributed by atoms with van der Waals surface area (Å²) in [5.74, 6) is 2.28. The maximum absolute atomic E-state index is 5.45. The first-order valence-electron chi connectivity index (χ1n) is 9.22. The lowest BCUT2D eigenvalue weighted by molar-refractivity contribution is 0.122. The number of hydrogen-bond donors (Lipinski definition) is 0. The van der Waals surface area contributed by atoms with Gasteiger partial charge in [-0.05, 0) is 38.1 Å². The number of rotatable bonds is 4. The van der Waals surface area contributed by atoms with E-state index in [2.05, 4.69) is 24.9 Å². The van der Waals surface area contributed by atoms with Crippen LogP contribution in [0.3, 0.4) is 0 Å². The Balaban J connectivity index is 1.40. The predicted octanol–water partition coefficient (Wildman–Crippen LogP) is 2.34. The Bertz CT molecular complexity index is 658. The van der Waals surface area contributed by atoms with Gasteiger partial charge in [0.2, 0.25) is 11.7 Å². The summed E-state index contributed by atoms with van der Waals surface area (Å²) < 4.78 is 10.8. The summed E-state index contributed by atoms with van der Waals surface area (Å²) in [6, 6.07) is 4.03. The number of pyridine rings is 1. The molecular weight excluding hydrogens is 318 g/mol. The van der Waals surface area contributed by atoms with Gasteiger partial charge < -0.3 is 14.2 Å². The minimum Gasteiger partial charge on any atom is -0.378 e. The molecule has 0 saturated carbocycles. The molecule has 0 aromatic carbocycles. The highest BCUT2D eigenvalue weighted by Gasteiger charge is 2.16. The normalized spacial score (nSPS) is 19.8. The molecule has 2 fully saturated rings. The molecule has 0 atom stereocenters. The van der Waals surface area contributed by atoms with Crippen LogP contribution in [0.15, 0.2) is 22.9 Å². The number of morpholine rings is 1. The standard InChI is InChI=1S/C18H25N5O2/c1-2-4-8-22(7-3-1)14-17-20-18(21-25-17)15-5-6-16(19-13-15)23-9-11-24-12-10-23/h5-6,13H,1-4,7-12,14H2. The van der Waals surface area contributed by atoms with E-state index in [0.717, 1.165) is 57.3 Å². The van der Waals surface area contributed by atoms with Crippen LogP contribution < -0.4 is 4.90 Å². The van der Waals surface area contributed by atoms with Crippen molar-refractivity contribution in [1.82, 2.24) is 20.0 Å². The number of anilines is 1. The van der Waals surface area contributed by atoms with Crippen molar-refractivity contribution in [2.24, 2.45) is 0 Å². The van der Waals surface area contributed by atoms with Gasteiger partial charge in [-0.1, -0.05) is 18.0 Å². The molecule has 4 heterocycles. The molecule has 134 valence electrons. The third-order valence-electron chi connectivity index (χ3n) is 4.87. The first-order valence-corrected chi connectivity index (χ1v) is 9.22. The van der Waals surface area contributed by atoms with E-state index >= 15 is 0 Å². The van der Waals surface area contributed by atoms with Crippen LogP contribution in [0, 0.1) is 0 Å². The second kappa shape index (κ2) is 7.93. The SMILES string of the molecule is c1cc(N2CCOCC2)ncc1-c1noc(CN2CCCCCC2)n1. The Morgan fingerprint density at radius 2 is 1.76 bits per heavy atom. The average molecular weight is 343 g/mol. The molecule has 2 saturated heterocycles. The lowest BCUT2D eigenvalue weighted by Crippen LogP contribution is -2.36. The average Bonchev–Trinajstić information content (AvgIpc) is 2.98. The summed E-state index contributed by atoms with van der Waals surface area (Å²) in [5.41, 5.74) is 0.892. The molecule has 4 rings (SSSR count). The van der Waals surface area contributed by atoms with E-state index in [9.17, 15) is 0 Å². The Morgan fingerprint density at radius 1 is 0.960 bits per heavy atom. The van der Waals surface area contributed by atoms with Gasteiger partial charge in [-0.2, -0.15) is 4.98 Å². The molecule has 0 bridgehead atoms. The van der Waals surface area contributed by atoms with Crippen molar-refractivity contribution in [1.29, 1.82) is 0 Å². The Hall–Kier alpha value is -1.99. The van der Waals surface area contributed by atoms with E-state index in [1.54, 1.807) is 0 Å². The van der Waals surface area contributed by atoms with Crippen LogP contribution in [0.4, 0.5) is 5.82 Å². The number of likely N-dealkylation sites (tertiary alicyclic amines) is 1. The Morgan fingerprint density at radius 3 is 2.48 bits per heavy atom. The van der Waals surface area contributed by atoms with E-state index in [1.807, 2.05) is 18.3 Å². The maximum atomic E-state index is 5.45. The molecule has 7 nitrogen and oxygen atoms in total. The van der Waals surface area contributed by atoms with Crippen molar-refractivity contribution in [3.63, 3.8) is 0 Å². The zero-order valence-electron chi connectivity index (χ0n) is 14.6. The summed E-state index contributed by atoms with van der Waals surface area (Å²) in [6.07, 6.45) is 6.99. The second-order valence-electron chi connectivity index (χ2n) is 6.71. The second-order valence-corrected chi connectivity index (χ2v) is 6.71. The lowest BCUT2D eigenvalue weighted by atomic mass is 10.2. The van der Waals surface area contributed by atoms with Crippen LogP contribution >= 0.6 is 0 Å². The van der Waals surface area contributed by atoms with Crippen molar-refractivity contribution in [2.75, 3.05) is 44.3 Å². The molecule has 25 heavy (non-hydrogen) atoms. The smallest absolute Gasteiger partial charge is 0.241 e. The molecule has 2 aliphatic rings. The molecule has 2 aromatic rings. The minimum absolute atomic E-state index is 0.617. The fourth-order valence-corrected chi connectivity index (χ4v) is 3.42. The van der Waals surface area contributed by atoms with E-state index < -0.39 is 0 Å². The highest BCUT2D eigenvalue weighted by atomic mass is 16.5. The molecule has 0 unspecified atom stereocenters. The summed E-state index contributed by atoms with van der Waals surface area (Å²) in [7, 11) is 0. The van der Waals surface area contributed by atoms with Crippen LogP contribution in [-0.2, 0) is 11.3 Å². The zero-order chi connectivity index (χ0) is 16.9. The number of ether oxygens (including phenoxy) is 1. The summed E-state index contributed by atoms with van der Waals surface area (Å²) in [4.78, 5) is 13.7. The topological polar surface area (TPSA) is 67.5 Å². The van der Waals surface area contributed by atoms with Crippen molar-refractivity contribution >= 4 is 5.82 Å². The lowest BCUT2D eigenvalue weighted by Gasteiger charge is -2.27. The van der Waals surface area contributed by atoms with Crippen LogP contribution in [0.2, 0.25) is 0 Å². The van der Waals surface area contributed by atoms with Crippen molar-refractivity contribution in [3.8, 4) is 11.4 Å². The van der Waals surface area contributed by atoms with Gasteiger partial charge in [-0.3, -0.25) is 4.90 Å². The molecule has 0 aliphatic carbocycles. The van der Waals surface area contributed by atoms with Crippen LogP contribution in [0.25, 0.3) is 11.4 Å². The fraction of sp³-hybridized carbons (Fsp3) is 0.611. The summed E-state index contributed by atoms with van der Waals surface area (Å²) in [5, 5.41) is 4.13. The van der Waals surface area contributed by atoms with Gasteiger partial charge in [0, 0.05) is 24.8 Å². The molecule has 0 radical (unpaired) electrons. The highest BCUT2D eigenvalue weighted by Crippen LogP contribution is 2.20. The first-order chi connectivity index (χ1) is 12.4. The maximum Gasteiger partial charge on any atom is 0.241 e. The summed E-state index contributed by atoms with van der Waals surface area (Å²) >= 11 is 0. The van der Waals surface area contributed by atoms with E-state index in [-0.39, 0.29) is 0 Å². The minimum atomic E-state index is 0.617. The van der Waals surface area contributed by atoms with Crippen LogP contribution in [-0.4, -0.2) is 59.4 Å². The number of hydrogen-bond acceptors (Lipinski definition) is 7. The molecule has 0 amide bonds. The van der Waals surface area contributed by atoms with E-state index in [0.29, 0.717) is 11.7 Å². The van der Waals surface area contributed by atoms with Crippen molar-refractivity contribution in [2.45, 2.75) is 32.2 Å². The predicted molar refractivity (Wildman–Crippen MR) is 94.3 cm³/mol. The van der Waals surface area contributed by atoms with Gasteiger partial charge in [0.25, 0.3) is 0 Å². The third-order valence-corrected chi connectivity index (χ3v) is 4.87. The number of aromatic nitrogens is 3. The molecular formula is C18H25N5O2. The first kappa shape index (κ1) is 16.5. The quantitative estimate of drug-likeness (QED) is 0.844. The third kappa shape index (κ3) is 4.16. The Labute approximate surface area is 148 Å². The molecule has 2 aliphatic heterocycles. The fourth-order valence-electron chi connectivity index (χ4n) is 3.42. The van der Waals surface area contributed by atoms with Gasteiger partial charge in [0.1, 0.15) is 5.82 Å².